The molecule has 0 heterocycles. The Morgan fingerprint density at radius 1 is 1.33 bits per heavy atom. The monoisotopic (exact) mass is 210 g/mol. The molecule has 15 heavy (non-hydrogen) atoms. The van der Waals surface area contributed by atoms with E-state index >= 15 is 0 Å². The minimum Gasteiger partial charge on any atom is -0.355 e. The summed E-state index contributed by atoms with van der Waals surface area (Å²) in [4.78, 5) is 11.5. The average Bonchev–Trinajstić information content (AvgIpc) is 2.94. The molecule has 3 N–H and O–H groups in total. The van der Waals surface area contributed by atoms with Gasteiger partial charge in [0.2, 0.25) is 5.91 Å². The first kappa shape index (κ1) is 10.9. The molecule has 0 aromatic carbocycles. The molecule has 1 unspecified atom stereocenters. The first-order chi connectivity index (χ1) is 7.25. The molecule has 1 atom stereocenters. The summed E-state index contributed by atoms with van der Waals surface area (Å²) in [7, 11) is 0. The number of amides is 1. The van der Waals surface area contributed by atoms with Crippen LogP contribution in [0.25, 0.3) is 0 Å². The van der Waals surface area contributed by atoms with E-state index < -0.39 is 0 Å². The Morgan fingerprint density at radius 3 is 2.60 bits per heavy atom. The molecular weight excluding hydrogens is 188 g/mol. The smallest absolute Gasteiger partial charge is 0.220 e. The number of nitrogens with one attached hydrogen (secondary N) is 1. The van der Waals surface area contributed by atoms with Gasteiger partial charge in [-0.15, -0.1) is 0 Å². The fourth-order valence-electron chi connectivity index (χ4n) is 2.13. The molecule has 0 spiro atoms. The van der Waals surface area contributed by atoms with Crippen LogP contribution in [0.4, 0.5) is 0 Å². The molecule has 2 fully saturated rings. The third-order valence-electron chi connectivity index (χ3n) is 3.77. The molecule has 0 aliphatic heterocycles. The highest BCUT2D eigenvalue weighted by molar-refractivity contribution is 5.75. The summed E-state index contributed by atoms with van der Waals surface area (Å²) in [5, 5.41) is 2.94. The quantitative estimate of drug-likeness (QED) is 0.696. The van der Waals surface area contributed by atoms with Crippen molar-refractivity contribution in [2.45, 2.75) is 51.0 Å². The Hall–Kier alpha value is -0.570. The normalized spacial score (nSPS) is 23.3. The first-order valence-electron chi connectivity index (χ1n) is 6.28. The predicted molar refractivity (Wildman–Crippen MR) is 60.3 cm³/mol. The highest BCUT2D eigenvalue weighted by Crippen LogP contribution is 2.31. The zero-order valence-corrected chi connectivity index (χ0v) is 9.37. The lowest BCUT2D eigenvalue weighted by molar-refractivity contribution is -0.121. The lowest BCUT2D eigenvalue weighted by Crippen LogP contribution is -2.38. The van der Waals surface area contributed by atoms with E-state index in [1.54, 1.807) is 0 Å². The molecule has 0 aromatic rings. The Bertz CT molecular complexity index is 222. The standard InChI is InChI=1S/C12H22N2O/c13-11(10-5-6-10)8-14-12(15)7-4-9-2-1-3-9/h9-11H,1-8,13H2,(H,14,15). The second-order valence-corrected chi connectivity index (χ2v) is 5.14. The van der Waals surface area contributed by atoms with Gasteiger partial charge in [-0.3, -0.25) is 4.79 Å². The molecule has 0 radical (unpaired) electrons. The van der Waals surface area contributed by atoms with Crippen LogP contribution >= 0.6 is 0 Å². The number of rotatable bonds is 6. The lowest BCUT2D eigenvalue weighted by atomic mass is 9.82. The largest absolute Gasteiger partial charge is 0.355 e. The molecule has 2 aliphatic carbocycles. The summed E-state index contributed by atoms with van der Waals surface area (Å²) in [6.07, 6.45) is 8.29. The molecular formula is C12H22N2O. The van der Waals surface area contributed by atoms with Crippen molar-refractivity contribution < 1.29 is 4.79 Å². The molecule has 3 heteroatoms. The molecule has 0 aromatic heterocycles. The molecule has 2 saturated carbocycles. The van der Waals surface area contributed by atoms with Gasteiger partial charge in [-0.05, 0) is 31.1 Å². The van der Waals surface area contributed by atoms with E-state index in [1.165, 1.54) is 32.1 Å². The van der Waals surface area contributed by atoms with Gasteiger partial charge in [0.05, 0.1) is 0 Å². The van der Waals surface area contributed by atoms with E-state index in [-0.39, 0.29) is 11.9 Å². The third kappa shape index (κ3) is 3.49. The topological polar surface area (TPSA) is 55.1 Å². The van der Waals surface area contributed by atoms with Crippen molar-refractivity contribution in [1.82, 2.24) is 5.32 Å². The van der Waals surface area contributed by atoms with Crippen molar-refractivity contribution in [1.29, 1.82) is 0 Å². The van der Waals surface area contributed by atoms with Crippen LogP contribution in [-0.2, 0) is 4.79 Å². The summed E-state index contributed by atoms with van der Waals surface area (Å²) in [6.45, 7) is 0.675. The molecule has 2 aliphatic rings. The number of hydrogen-bond donors (Lipinski definition) is 2. The average molecular weight is 210 g/mol. The number of nitrogens with two attached hydrogens (primary N) is 1. The number of carbonyl (C=O) groups excluding carboxylic acids is 1. The van der Waals surface area contributed by atoms with Crippen molar-refractivity contribution in [3.8, 4) is 0 Å². The zero-order valence-electron chi connectivity index (χ0n) is 9.37. The van der Waals surface area contributed by atoms with Crippen molar-refractivity contribution in [2.24, 2.45) is 17.6 Å². The highest BCUT2D eigenvalue weighted by Gasteiger charge is 2.28. The van der Waals surface area contributed by atoms with Gasteiger partial charge in [0.15, 0.2) is 0 Å². The van der Waals surface area contributed by atoms with E-state index in [0.717, 1.165) is 12.3 Å². The maximum Gasteiger partial charge on any atom is 0.220 e. The summed E-state index contributed by atoms with van der Waals surface area (Å²) in [6, 6.07) is 0.192. The van der Waals surface area contributed by atoms with Gasteiger partial charge < -0.3 is 11.1 Å². The van der Waals surface area contributed by atoms with Crippen molar-refractivity contribution in [3.05, 3.63) is 0 Å². The van der Waals surface area contributed by atoms with Gasteiger partial charge in [-0.25, -0.2) is 0 Å². The summed E-state index contributed by atoms with van der Waals surface area (Å²) < 4.78 is 0. The number of hydrogen-bond acceptors (Lipinski definition) is 2. The summed E-state index contributed by atoms with van der Waals surface area (Å²) in [5.41, 5.74) is 5.91. The highest BCUT2D eigenvalue weighted by atomic mass is 16.1. The second-order valence-electron chi connectivity index (χ2n) is 5.14. The first-order valence-corrected chi connectivity index (χ1v) is 6.28. The van der Waals surface area contributed by atoms with Crippen molar-refractivity contribution in [2.75, 3.05) is 6.54 Å². The van der Waals surface area contributed by atoms with Gasteiger partial charge >= 0.3 is 0 Å². The van der Waals surface area contributed by atoms with Crippen LogP contribution in [0, 0.1) is 11.8 Å². The Balaban J connectivity index is 1.51. The zero-order chi connectivity index (χ0) is 10.7. The van der Waals surface area contributed by atoms with Crippen molar-refractivity contribution in [3.63, 3.8) is 0 Å². The van der Waals surface area contributed by atoms with E-state index in [9.17, 15) is 4.79 Å². The van der Waals surface area contributed by atoms with Crippen LogP contribution < -0.4 is 11.1 Å². The minimum absolute atomic E-state index is 0.192. The fourth-order valence-corrected chi connectivity index (χ4v) is 2.13. The van der Waals surface area contributed by atoms with Crippen LogP contribution in [0.1, 0.15) is 44.9 Å². The van der Waals surface area contributed by atoms with Crippen LogP contribution in [-0.4, -0.2) is 18.5 Å². The lowest BCUT2D eigenvalue weighted by Gasteiger charge is -2.24. The molecule has 3 nitrogen and oxygen atoms in total. The predicted octanol–water partition coefficient (Wildman–Crippen LogP) is 1.42. The minimum atomic E-state index is 0.192. The van der Waals surface area contributed by atoms with Crippen LogP contribution in [0.5, 0.6) is 0 Å². The van der Waals surface area contributed by atoms with E-state index in [1.807, 2.05) is 0 Å². The van der Waals surface area contributed by atoms with Crippen molar-refractivity contribution >= 4 is 5.91 Å². The van der Waals surface area contributed by atoms with Crippen LogP contribution in [0.3, 0.4) is 0 Å². The van der Waals surface area contributed by atoms with E-state index in [0.29, 0.717) is 18.9 Å². The maximum atomic E-state index is 11.5. The van der Waals surface area contributed by atoms with Crippen LogP contribution in [0.2, 0.25) is 0 Å². The fraction of sp³-hybridized carbons (Fsp3) is 0.917. The SMILES string of the molecule is NC(CNC(=O)CCC1CCC1)C1CC1. The van der Waals surface area contributed by atoms with Gasteiger partial charge in [-0.2, -0.15) is 0 Å². The Labute approximate surface area is 91.8 Å². The molecule has 0 saturated heterocycles. The second kappa shape index (κ2) is 4.97. The third-order valence-corrected chi connectivity index (χ3v) is 3.77. The molecule has 1 amide bonds. The summed E-state index contributed by atoms with van der Waals surface area (Å²) in [5.74, 6) is 1.70. The van der Waals surface area contributed by atoms with Gasteiger partial charge in [0.1, 0.15) is 0 Å². The van der Waals surface area contributed by atoms with Gasteiger partial charge in [0.25, 0.3) is 0 Å². The summed E-state index contributed by atoms with van der Waals surface area (Å²) >= 11 is 0. The van der Waals surface area contributed by atoms with Gasteiger partial charge in [-0.1, -0.05) is 19.3 Å². The van der Waals surface area contributed by atoms with E-state index in [4.69, 9.17) is 5.73 Å². The maximum absolute atomic E-state index is 11.5. The Morgan fingerprint density at radius 2 is 2.07 bits per heavy atom. The Kier molecular flexibility index (Phi) is 3.62. The molecule has 2 rings (SSSR count). The van der Waals surface area contributed by atoms with E-state index in [2.05, 4.69) is 5.32 Å². The van der Waals surface area contributed by atoms with Gasteiger partial charge in [0, 0.05) is 19.0 Å². The van der Waals surface area contributed by atoms with Crippen LogP contribution in [0.15, 0.2) is 0 Å². The molecule has 86 valence electrons. The number of carbonyl (C=O) groups is 1. The molecule has 0 bridgehead atoms.